The average molecular weight is 488 g/mol. The summed E-state index contributed by atoms with van der Waals surface area (Å²) in [5.41, 5.74) is 0. The van der Waals surface area contributed by atoms with Gasteiger partial charge < -0.3 is 15.7 Å². The quantitative estimate of drug-likeness (QED) is 0.264. The molecule has 3 N–H and O–H groups in total. The van der Waals surface area contributed by atoms with Crippen LogP contribution in [0.5, 0.6) is 0 Å². The Morgan fingerprint density at radius 1 is 1.33 bits per heavy atom. The third-order valence-electron chi connectivity index (χ3n) is 3.49. The van der Waals surface area contributed by atoms with Gasteiger partial charge in [-0.3, -0.25) is 4.99 Å². The van der Waals surface area contributed by atoms with E-state index in [0.29, 0.717) is 11.8 Å². The molecule has 0 saturated carbocycles. The van der Waals surface area contributed by atoms with E-state index in [4.69, 9.17) is 11.6 Å². The van der Waals surface area contributed by atoms with Crippen molar-refractivity contribution < 1.29 is 5.11 Å². The van der Waals surface area contributed by atoms with Crippen LogP contribution in [0.25, 0.3) is 0 Å². The van der Waals surface area contributed by atoms with Crippen LogP contribution >= 0.6 is 46.9 Å². The molecule has 0 radical (unpaired) electrons. The molecule has 0 aliphatic heterocycles. The minimum Gasteiger partial charge on any atom is -0.396 e. The standard InChI is InChI=1S/C17H30ClN3OS.HI/c1-4-19-17(20-9-7-15-5-6-16(18)23-15)21-12-14(8-10-22)11-13(2)3;/h5-6,13-14,22H,4,7-12H2,1-3H3,(H2,19,20,21);1H. The van der Waals surface area contributed by atoms with E-state index in [2.05, 4.69) is 42.5 Å². The summed E-state index contributed by atoms with van der Waals surface area (Å²) in [5, 5.41) is 15.8. The second-order valence-corrected chi connectivity index (χ2v) is 7.91. The Kier molecular flexibility index (Phi) is 14.1. The van der Waals surface area contributed by atoms with E-state index < -0.39 is 0 Å². The van der Waals surface area contributed by atoms with E-state index in [1.54, 1.807) is 11.3 Å². The summed E-state index contributed by atoms with van der Waals surface area (Å²) in [7, 11) is 0. The number of nitrogens with one attached hydrogen (secondary N) is 2. The lowest BCUT2D eigenvalue weighted by molar-refractivity contribution is 0.245. The van der Waals surface area contributed by atoms with Crippen molar-refractivity contribution in [3.8, 4) is 0 Å². The molecule has 4 nitrogen and oxygen atoms in total. The van der Waals surface area contributed by atoms with Gasteiger partial charge in [0.05, 0.1) is 4.34 Å². The van der Waals surface area contributed by atoms with Crippen LogP contribution in [-0.2, 0) is 6.42 Å². The third kappa shape index (κ3) is 10.7. The Morgan fingerprint density at radius 3 is 2.62 bits per heavy atom. The van der Waals surface area contributed by atoms with E-state index in [1.165, 1.54) is 4.88 Å². The van der Waals surface area contributed by atoms with Gasteiger partial charge in [0.25, 0.3) is 0 Å². The molecule has 0 fully saturated rings. The first-order valence-electron chi connectivity index (χ1n) is 8.42. The molecule has 0 aliphatic rings. The maximum absolute atomic E-state index is 9.20. The first-order chi connectivity index (χ1) is 11.0. The van der Waals surface area contributed by atoms with Gasteiger partial charge in [0.2, 0.25) is 0 Å². The van der Waals surface area contributed by atoms with Gasteiger partial charge in [-0.1, -0.05) is 25.4 Å². The Hall–Kier alpha value is -0.0500. The van der Waals surface area contributed by atoms with Crippen molar-refractivity contribution in [1.82, 2.24) is 10.6 Å². The van der Waals surface area contributed by atoms with Crippen LogP contribution in [-0.4, -0.2) is 37.3 Å². The zero-order valence-corrected chi connectivity index (χ0v) is 18.8. The van der Waals surface area contributed by atoms with Gasteiger partial charge in [0.15, 0.2) is 5.96 Å². The first-order valence-corrected chi connectivity index (χ1v) is 9.61. The SMILES string of the molecule is CCNC(=NCC(CCO)CC(C)C)NCCc1ccc(Cl)s1.I. The van der Waals surface area contributed by atoms with Crippen LogP contribution in [0.2, 0.25) is 4.34 Å². The monoisotopic (exact) mass is 487 g/mol. The van der Waals surface area contributed by atoms with Crippen LogP contribution in [0.4, 0.5) is 0 Å². The van der Waals surface area contributed by atoms with E-state index in [-0.39, 0.29) is 30.6 Å². The van der Waals surface area contributed by atoms with Gasteiger partial charge in [-0.2, -0.15) is 0 Å². The van der Waals surface area contributed by atoms with Crippen LogP contribution in [0.3, 0.4) is 0 Å². The van der Waals surface area contributed by atoms with Crippen molar-refractivity contribution in [1.29, 1.82) is 0 Å². The predicted octanol–water partition coefficient (Wildman–Crippen LogP) is 4.16. The lowest BCUT2D eigenvalue weighted by atomic mass is 9.94. The van der Waals surface area contributed by atoms with Gasteiger partial charge >= 0.3 is 0 Å². The molecule has 140 valence electrons. The normalized spacial score (nSPS) is 12.8. The molecule has 0 amide bonds. The third-order valence-corrected chi connectivity index (χ3v) is 4.78. The highest BCUT2D eigenvalue weighted by Gasteiger charge is 2.10. The van der Waals surface area contributed by atoms with Crippen molar-refractivity contribution >= 4 is 52.9 Å². The fraction of sp³-hybridized carbons (Fsp3) is 0.706. The van der Waals surface area contributed by atoms with Gasteiger partial charge in [0.1, 0.15) is 0 Å². The number of aliphatic hydroxyl groups excluding tert-OH is 1. The zero-order chi connectivity index (χ0) is 17.1. The minimum atomic E-state index is 0. The highest BCUT2D eigenvalue weighted by Crippen LogP contribution is 2.21. The molecular formula is C17H31ClIN3OS. The van der Waals surface area contributed by atoms with Gasteiger partial charge in [-0.05, 0) is 50.2 Å². The molecule has 7 heteroatoms. The lowest BCUT2D eigenvalue weighted by Gasteiger charge is -2.17. The topological polar surface area (TPSA) is 56.7 Å². The molecule has 1 aromatic rings. The number of thiophene rings is 1. The second kappa shape index (κ2) is 14.2. The van der Waals surface area contributed by atoms with Crippen molar-refractivity contribution in [3.05, 3.63) is 21.3 Å². The fourth-order valence-electron chi connectivity index (χ4n) is 2.49. The molecule has 0 aliphatic carbocycles. The number of guanidine groups is 1. The number of aliphatic hydroxyl groups is 1. The van der Waals surface area contributed by atoms with Crippen LogP contribution in [0.1, 0.15) is 38.5 Å². The Bertz CT molecular complexity index is 468. The van der Waals surface area contributed by atoms with Gasteiger partial charge in [0, 0.05) is 31.1 Å². The summed E-state index contributed by atoms with van der Waals surface area (Å²) in [4.78, 5) is 5.96. The summed E-state index contributed by atoms with van der Waals surface area (Å²) >= 11 is 7.57. The fourth-order valence-corrected chi connectivity index (χ4v) is 3.57. The minimum absolute atomic E-state index is 0. The predicted molar refractivity (Wildman–Crippen MR) is 117 cm³/mol. The highest BCUT2D eigenvalue weighted by atomic mass is 127. The van der Waals surface area contributed by atoms with Crippen molar-refractivity contribution in [3.63, 3.8) is 0 Å². The van der Waals surface area contributed by atoms with Gasteiger partial charge in [-0.15, -0.1) is 35.3 Å². The zero-order valence-electron chi connectivity index (χ0n) is 14.8. The molecular weight excluding hydrogens is 457 g/mol. The van der Waals surface area contributed by atoms with E-state index in [9.17, 15) is 5.11 Å². The maximum atomic E-state index is 9.20. The number of aliphatic imine (C=N–C) groups is 1. The number of nitrogens with zero attached hydrogens (tertiary/aromatic N) is 1. The summed E-state index contributed by atoms with van der Waals surface area (Å²) in [6.45, 7) is 9.14. The number of hydrogen-bond acceptors (Lipinski definition) is 3. The van der Waals surface area contributed by atoms with Crippen LogP contribution in [0.15, 0.2) is 17.1 Å². The molecule has 0 aromatic carbocycles. The number of rotatable bonds is 10. The van der Waals surface area contributed by atoms with Gasteiger partial charge in [-0.25, -0.2) is 0 Å². The summed E-state index contributed by atoms with van der Waals surface area (Å²) in [6.07, 6.45) is 2.85. The van der Waals surface area contributed by atoms with E-state index >= 15 is 0 Å². The van der Waals surface area contributed by atoms with Crippen molar-refractivity contribution in [2.24, 2.45) is 16.8 Å². The smallest absolute Gasteiger partial charge is 0.191 e. The Morgan fingerprint density at radius 2 is 2.08 bits per heavy atom. The molecule has 1 heterocycles. The molecule has 1 rings (SSSR count). The number of hydrogen-bond donors (Lipinski definition) is 3. The first kappa shape index (κ1) is 23.9. The molecule has 0 saturated heterocycles. The molecule has 1 aromatic heterocycles. The number of halogens is 2. The molecule has 0 spiro atoms. The molecule has 1 unspecified atom stereocenters. The second-order valence-electron chi connectivity index (χ2n) is 6.11. The van der Waals surface area contributed by atoms with Crippen LogP contribution in [0, 0.1) is 11.8 Å². The molecule has 1 atom stereocenters. The average Bonchev–Trinajstić information content (AvgIpc) is 2.89. The largest absolute Gasteiger partial charge is 0.396 e. The maximum Gasteiger partial charge on any atom is 0.191 e. The lowest BCUT2D eigenvalue weighted by Crippen LogP contribution is -2.38. The summed E-state index contributed by atoms with van der Waals surface area (Å²) < 4.78 is 0.834. The molecule has 0 bridgehead atoms. The van der Waals surface area contributed by atoms with E-state index in [0.717, 1.165) is 49.2 Å². The Balaban J connectivity index is 0.00000529. The van der Waals surface area contributed by atoms with Crippen molar-refractivity contribution in [2.45, 2.75) is 40.0 Å². The summed E-state index contributed by atoms with van der Waals surface area (Å²) in [6, 6.07) is 4.00. The van der Waals surface area contributed by atoms with Crippen molar-refractivity contribution in [2.75, 3.05) is 26.2 Å². The summed E-state index contributed by atoms with van der Waals surface area (Å²) in [5.74, 6) is 1.91. The Labute approximate surface area is 172 Å². The van der Waals surface area contributed by atoms with E-state index in [1.807, 2.05) is 6.07 Å². The highest BCUT2D eigenvalue weighted by molar-refractivity contribution is 14.0. The van der Waals surface area contributed by atoms with Crippen LogP contribution < -0.4 is 10.6 Å². The molecule has 24 heavy (non-hydrogen) atoms.